The molecule has 0 spiro atoms. The number of rotatable bonds is 8. The Labute approximate surface area is 161 Å². The second-order valence-corrected chi connectivity index (χ2v) is 7.34. The van der Waals surface area contributed by atoms with Crippen LogP contribution in [-0.4, -0.2) is 44.7 Å². The van der Waals surface area contributed by atoms with Gasteiger partial charge in [-0.25, -0.2) is 0 Å². The maximum Gasteiger partial charge on any atom is 0.252 e. The van der Waals surface area contributed by atoms with Crippen LogP contribution in [0.25, 0.3) is 0 Å². The van der Waals surface area contributed by atoms with Crippen LogP contribution in [0.15, 0.2) is 18.2 Å². The standard InChI is InChI=1S/C20H31N3O4/c1-12(2)18(20(25)22-17-7-5-6-13(17)11-21)23-19(24)14-8-15(26-3)10-16(9-14)27-4/h8-10,12-13,17-18H,5-7,11,21H2,1-4H3,(H,22,25)(H,23,24). The number of nitrogens with one attached hydrogen (secondary N) is 2. The third-order valence-corrected chi connectivity index (χ3v) is 5.14. The van der Waals surface area contributed by atoms with Gasteiger partial charge in [-0.1, -0.05) is 20.3 Å². The Morgan fingerprint density at radius 2 is 1.78 bits per heavy atom. The summed E-state index contributed by atoms with van der Waals surface area (Å²) in [5.41, 5.74) is 6.18. The minimum Gasteiger partial charge on any atom is -0.497 e. The van der Waals surface area contributed by atoms with Crippen molar-refractivity contribution in [3.63, 3.8) is 0 Å². The van der Waals surface area contributed by atoms with E-state index in [1.807, 2.05) is 13.8 Å². The van der Waals surface area contributed by atoms with Crippen LogP contribution >= 0.6 is 0 Å². The summed E-state index contributed by atoms with van der Waals surface area (Å²) in [4.78, 5) is 25.5. The van der Waals surface area contributed by atoms with Gasteiger partial charge in [0.25, 0.3) is 5.91 Å². The number of benzene rings is 1. The first kappa shape index (κ1) is 21.0. The van der Waals surface area contributed by atoms with E-state index >= 15 is 0 Å². The second kappa shape index (κ2) is 9.60. The second-order valence-electron chi connectivity index (χ2n) is 7.34. The molecule has 7 heteroatoms. The summed E-state index contributed by atoms with van der Waals surface area (Å²) in [5.74, 6) is 0.768. The molecule has 3 unspecified atom stereocenters. The molecule has 2 amide bonds. The van der Waals surface area contributed by atoms with E-state index in [0.717, 1.165) is 19.3 Å². The van der Waals surface area contributed by atoms with Crippen LogP contribution in [0, 0.1) is 11.8 Å². The van der Waals surface area contributed by atoms with Gasteiger partial charge in [0.05, 0.1) is 14.2 Å². The largest absolute Gasteiger partial charge is 0.497 e. The number of nitrogens with two attached hydrogens (primary N) is 1. The van der Waals surface area contributed by atoms with E-state index in [2.05, 4.69) is 10.6 Å². The number of hydrogen-bond acceptors (Lipinski definition) is 5. The molecule has 0 saturated heterocycles. The molecule has 1 fully saturated rings. The maximum absolute atomic E-state index is 12.8. The quantitative estimate of drug-likeness (QED) is 0.640. The first-order chi connectivity index (χ1) is 12.9. The van der Waals surface area contributed by atoms with Gasteiger partial charge in [0, 0.05) is 17.7 Å². The van der Waals surface area contributed by atoms with E-state index in [-0.39, 0.29) is 23.8 Å². The normalized spacial score (nSPS) is 20.2. The highest BCUT2D eigenvalue weighted by Crippen LogP contribution is 2.25. The van der Waals surface area contributed by atoms with Gasteiger partial charge in [-0.2, -0.15) is 0 Å². The molecular formula is C20H31N3O4. The lowest BCUT2D eigenvalue weighted by atomic mass is 10.00. The number of carbonyl (C=O) groups is 2. The van der Waals surface area contributed by atoms with Gasteiger partial charge in [-0.05, 0) is 43.4 Å². The SMILES string of the molecule is COc1cc(OC)cc(C(=O)NC(C(=O)NC2CCCC2CN)C(C)C)c1. The van der Waals surface area contributed by atoms with E-state index in [1.54, 1.807) is 18.2 Å². The van der Waals surface area contributed by atoms with Crippen molar-refractivity contribution in [2.45, 2.75) is 45.2 Å². The molecule has 1 aromatic rings. The first-order valence-corrected chi connectivity index (χ1v) is 9.44. The van der Waals surface area contributed by atoms with Gasteiger partial charge >= 0.3 is 0 Å². The van der Waals surface area contributed by atoms with Gasteiger partial charge in [0.1, 0.15) is 17.5 Å². The summed E-state index contributed by atoms with van der Waals surface area (Å²) in [7, 11) is 3.05. The van der Waals surface area contributed by atoms with Crippen molar-refractivity contribution in [2.75, 3.05) is 20.8 Å². The van der Waals surface area contributed by atoms with E-state index in [1.165, 1.54) is 14.2 Å². The topological polar surface area (TPSA) is 103 Å². The molecule has 7 nitrogen and oxygen atoms in total. The van der Waals surface area contributed by atoms with Crippen molar-refractivity contribution in [2.24, 2.45) is 17.6 Å². The average molecular weight is 377 g/mol. The third-order valence-electron chi connectivity index (χ3n) is 5.14. The molecule has 4 N–H and O–H groups in total. The third kappa shape index (κ3) is 5.35. The smallest absolute Gasteiger partial charge is 0.252 e. The van der Waals surface area contributed by atoms with Crippen LogP contribution < -0.4 is 25.8 Å². The van der Waals surface area contributed by atoms with Gasteiger partial charge in [-0.15, -0.1) is 0 Å². The average Bonchev–Trinajstić information content (AvgIpc) is 3.11. The molecule has 1 aromatic carbocycles. The predicted molar refractivity (Wildman–Crippen MR) is 104 cm³/mol. The Kier molecular flexibility index (Phi) is 7.47. The summed E-state index contributed by atoms with van der Waals surface area (Å²) in [6.45, 7) is 4.38. The van der Waals surface area contributed by atoms with Crippen molar-refractivity contribution in [1.29, 1.82) is 0 Å². The van der Waals surface area contributed by atoms with Crippen LogP contribution in [0.4, 0.5) is 0 Å². The molecule has 0 radical (unpaired) electrons. The monoisotopic (exact) mass is 377 g/mol. The number of amides is 2. The van der Waals surface area contributed by atoms with Crippen molar-refractivity contribution < 1.29 is 19.1 Å². The summed E-state index contributed by atoms with van der Waals surface area (Å²) >= 11 is 0. The van der Waals surface area contributed by atoms with E-state index < -0.39 is 6.04 Å². The van der Waals surface area contributed by atoms with Gasteiger partial charge < -0.3 is 25.8 Å². The fraction of sp³-hybridized carbons (Fsp3) is 0.600. The molecule has 1 aliphatic carbocycles. The summed E-state index contributed by atoms with van der Waals surface area (Å²) in [5, 5.41) is 5.93. The first-order valence-electron chi connectivity index (χ1n) is 9.44. The van der Waals surface area contributed by atoms with Crippen molar-refractivity contribution in [1.82, 2.24) is 10.6 Å². The molecule has 3 atom stereocenters. The fourth-order valence-electron chi connectivity index (χ4n) is 3.48. The predicted octanol–water partition coefficient (Wildman–Crippen LogP) is 1.70. The molecule has 150 valence electrons. The molecule has 27 heavy (non-hydrogen) atoms. The molecule has 0 bridgehead atoms. The molecule has 0 aliphatic heterocycles. The zero-order valence-electron chi connectivity index (χ0n) is 16.6. The molecule has 0 aromatic heterocycles. The van der Waals surface area contributed by atoms with Crippen LogP contribution in [0.3, 0.4) is 0 Å². The maximum atomic E-state index is 12.8. The van der Waals surface area contributed by atoms with Gasteiger partial charge in [0.15, 0.2) is 0 Å². The van der Waals surface area contributed by atoms with Crippen LogP contribution in [0.2, 0.25) is 0 Å². The van der Waals surface area contributed by atoms with Crippen LogP contribution in [0.1, 0.15) is 43.5 Å². The minimum absolute atomic E-state index is 0.0563. The molecule has 1 aliphatic rings. The van der Waals surface area contributed by atoms with Crippen molar-refractivity contribution in [3.8, 4) is 11.5 Å². The van der Waals surface area contributed by atoms with Gasteiger partial charge in [-0.3, -0.25) is 9.59 Å². The molecule has 1 saturated carbocycles. The van der Waals surface area contributed by atoms with E-state index in [9.17, 15) is 9.59 Å². The number of carbonyl (C=O) groups excluding carboxylic acids is 2. The number of methoxy groups -OCH3 is 2. The Morgan fingerprint density at radius 3 is 2.30 bits per heavy atom. The summed E-state index contributed by atoms with van der Waals surface area (Å²) < 4.78 is 10.4. The zero-order valence-corrected chi connectivity index (χ0v) is 16.6. The Hall–Kier alpha value is -2.28. The highest BCUT2D eigenvalue weighted by molar-refractivity contribution is 5.98. The molecular weight excluding hydrogens is 346 g/mol. The zero-order chi connectivity index (χ0) is 20.0. The summed E-state index contributed by atoms with van der Waals surface area (Å²) in [6, 6.07) is 4.38. The molecule has 0 heterocycles. The van der Waals surface area contributed by atoms with E-state index in [0.29, 0.717) is 29.5 Å². The fourth-order valence-corrected chi connectivity index (χ4v) is 3.48. The number of hydrogen-bond donors (Lipinski definition) is 3. The van der Waals surface area contributed by atoms with Crippen molar-refractivity contribution in [3.05, 3.63) is 23.8 Å². The Morgan fingerprint density at radius 1 is 1.15 bits per heavy atom. The summed E-state index contributed by atoms with van der Waals surface area (Å²) in [6.07, 6.45) is 3.03. The van der Waals surface area contributed by atoms with Crippen molar-refractivity contribution >= 4 is 11.8 Å². The lowest BCUT2D eigenvalue weighted by Gasteiger charge is -2.26. The van der Waals surface area contributed by atoms with Crippen LogP contribution in [0.5, 0.6) is 11.5 Å². The lowest BCUT2D eigenvalue weighted by Crippen LogP contribution is -2.53. The highest BCUT2D eigenvalue weighted by Gasteiger charge is 2.31. The lowest BCUT2D eigenvalue weighted by molar-refractivity contribution is -0.124. The Bertz CT molecular complexity index is 640. The minimum atomic E-state index is -0.631. The molecule has 2 rings (SSSR count). The van der Waals surface area contributed by atoms with Gasteiger partial charge in [0.2, 0.25) is 5.91 Å². The van der Waals surface area contributed by atoms with E-state index in [4.69, 9.17) is 15.2 Å². The van der Waals surface area contributed by atoms with Crippen LogP contribution in [-0.2, 0) is 4.79 Å². The Balaban J connectivity index is 2.11. The highest BCUT2D eigenvalue weighted by atomic mass is 16.5. The number of ether oxygens (including phenoxy) is 2.